The Hall–Kier alpha value is -1.05. The molecule has 0 bridgehead atoms. The van der Waals surface area contributed by atoms with Gasteiger partial charge >= 0.3 is 0 Å². The molecule has 0 saturated carbocycles. The number of sulfonamides is 1. The van der Waals surface area contributed by atoms with Crippen molar-refractivity contribution in [2.24, 2.45) is 0 Å². The maximum absolute atomic E-state index is 12.5. The predicted octanol–water partition coefficient (Wildman–Crippen LogP) is 4.21. The summed E-state index contributed by atoms with van der Waals surface area (Å²) in [5.74, 6) is 0. The van der Waals surface area contributed by atoms with Crippen LogP contribution in [0.15, 0.2) is 44.2 Å². The number of halogens is 2. The number of anilines is 2. The molecule has 0 unspecified atom stereocenters. The fraction of sp³-hybridized carbons (Fsp3) is 0.143. The van der Waals surface area contributed by atoms with Crippen molar-refractivity contribution in [1.82, 2.24) is 0 Å². The highest BCUT2D eigenvalue weighted by Crippen LogP contribution is 2.34. The van der Waals surface area contributed by atoms with Gasteiger partial charge in [-0.2, -0.15) is 0 Å². The van der Waals surface area contributed by atoms with Crippen LogP contribution in [-0.2, 0) is 10.0 Å². The number of nitrogens with two attached hydrogens (primary N) is 1. The van der Waals surface area contributed by atoms with Gasteiger partial charge in [0.2, 0.25) is 0 Å². The summed E-state index contributed by atoms with van der Waals surface area (Å²) in [4.78, 5) is 0.205. The fourth-order valence-electron chi connectivity index (χ4n) is 1.96. The van der Waals surface area contributed by atoms with E-state index in [0.717, 1.165) is 5.56 Å². The first-order valence-corrected chi connectivity index (χ1v) is 9.12. The first-order chi connectivity index (χ1) is 9.70. The lowest BCUT2D eigenvalue weighted by molar-refractivity contribution is 0.600. The average molecular weight is 434 g/mol. The van der Waals surface area contributed by atoms with Gasteiger partial charge in [0.25, 0.3) is 10.0 Å². The molecule has 0 atom stereocenters. The molecule has 0 aliphatic carbocycles. The van der Waals surface area contributed by atoms with Crippen molar-refractivity contribution in [2.45, 2.75) is 18.7 Å². The summed E-state index contributed by atoms with van der Waals surface area (Å²) in [5, 5.41) is 0. The van der Waals surface area contributed by atoms with Crippen molar-refractivity contribution < 1.29 is 8.42 Å². The maximum Gasteiger partial charge on any atom is 0.262 e. The quantitative estimate of drug-likeness (QED) is 0.712. The van der Waals surface area contributed by atoms with E-state index in [-0.39, 0.29) is 4.90 Å². The van der Waals surface area contributed by atoms with Gasteiger partial charge in [0.1, 0.15) is 0 Å². The highest BCUT2D eigenvalue weighted by atomic mass is 79.9. The predicted molar refractivity (Wildman–Crippen MR) is 93.0 cm³/mol. The summed E-state index contributed by atoms with van der Waals surface area (Å²) >= 11 is 6.75. The van der Waals surface area contributed by atoms with E-state index in [9.17, 15) is 8.42 Å². The van der Waals surface area contributed by atoms with Gasteiger partial charge in [-0.25, -0.2) is 8.42 Å². The molecule has 112 valence electrons. The molecule has 0 saturated heterocycles. The summed E-state index contributed by atoms with van der Waals surface area (Å²) in [6.07, 6.45) is 0. The van der Waals surface area contributed by atoms with Crippen LogP contribution in [0.4, 0.5) is 11.4 Å². The molecule has 7 heteroatoms. The fourth-order valence-corrected chi connectivity index (χ4v) is 5.17. The molecule has 4 nitrogen and oxygen atoms in total. The Morgan fingerprint density at radius 2 is 1.62 bits per heavy atom. The molecule has 0 aliphatic heterocycles. The van der Waals surface area contributed by atoms with E-state index in [2.05, 4.69) is 36.6 Å². The number of aryl methyl sites for hydroxylation is 2. The van der Waals surface area contributed by atoms with Crippen molar-refractivity contribution in [1.29, 1.82) is 0 Å². The Bertz CT molecular complexity index is 782. The summed E-state index contributed by atoms with van der Waals surface area (Å²) in [6, 6.07) is 8.40. The van der Waals surface area contributed by atoms with Crippen LogP contribution >= 0.6 is 31.9 Å². The Morgan fingerprint density at radius 3 is 2.14 bits per heavy atom. The summed E-state index contributed by atoms with van der Waals surface area (Å²) in [5.41, 5.74) is 8.27. The van der Waals surface area contributed by atoms with Crippen LogP contribution in [0.5, 0.6) is 0 Å². The Kier molecular flexibility index (Phi) is 4.65. The lowest BCUT2D eigenvalue weighted by atomic mass is 10.2. The SMILES string of the molecule is Cc1cc(Br)c(NS(=O)(=O)c2ccc(N)cc2C)c(Br)c1. The highest BCUT2D eigenvalue weighted by molar-refractivity contribution is 9.11. The second-order valence-corrected chi connectivity index (χ2v) is 8.09. The first-order valence-electron chi connectivity index (χ1n) is 6.05. The lowest BCUT2D eigenvalue weighted by Gasteiger charge is -2.14. The molecule has 0 amide bonds. The molecule has 0 aliphatic rings. The zero-order valence-corrected chi connectivity index (χ0v) is 15.4. The molecule has 21 heavy (non-hydrogen) atoms. The van der Waals surface area contributed by atoms with Gasteiger partial charge in [-0.05, 0) is 87.2 Å². The van der Waals surface area contributed by atoms with Crippen LogP contribution in [0.3, 0.4) is 0 Å². The third kappa shape index (κ3) is 3.59. The third-order valence-electron chi connectivity index (χ3n) is 2.91. The monoisotopic (exact) mass is 432 g/mol. The van der Waals surface area contributed by atoms with Crippen LogP contribution < -0.4 is 10.5 Å². The van der Waals surface area contributed by atoms with Crippen LogP contribution in [0.2, 0.25) is 0 Å². The molecule has 2 aromatic rings. The highest BCUT2D eigenvalue weighted by Gasteiger charge is 2.19. The van der Waals surface area contributed by atoms with Crippen LogP contribution in [0.25, 0.3) is 0 Å². The third-order valence-corrected chi connectivity index (χ3v) is 5.67. The van der Waals surface area contributed by atoms with Gasteiger partial charge in [-0.15, -0.1) is 0 Å². The second-order valence-electron chi connectivity index (χ2n) is 4.73. The van der Waals surface area contributed by atoms with E-state index in [1.54, 1.807) is 19.1 Å². The molecular weight excluding hydrogens is 420 g/mol. The summed E-state index contributed by atoms with van der Waals surface area (Å²) in [7, 11) is -3.68. The van der Waals surface area contributed by atoms with Gasteiger partial charge in [-0.3, -0.25) is 4.72 Å². The largest absolute Gasteiger partial charge is 0.399 e. The summed E-state index contributed by atoms with van der Waals surface area (Å²) in [6.45, 7) is 3.64. The first kappa shape index (κ1) is 16.3. The molecule has 2 aromatic carbocycles. The topological polar surface area (TPSA) is 72.2 Å². The van der Waals surface area contributed by atoms with Crippen molar-refractivity contribution in [3.05, 3.63) is 50.4 Å². The molecule has 0 fully saturated rings. The van der Waals surface area contributed by atoms with Crippen molar-refractivity contribution in [3.63, 3.8) is 0 Å². The minimum Gasteiger partial charge on any atom is -0.399 e. The van der Waals surface area contributed by atoms with E-state index < -0.39 is 10.0 Å². The maximum atomic E-state index is 12.5. The van der Waals surface area contributed by atoms with Gasteiger partial charge in [-0.1, -0.05) is 0 Å². The molecule has 0 radical (unpaired) electrons. The van der Waals surface area contributed by atoms with Crippen molar-refractivity contribution in [2.75, 3.05) is 10.5 Å². The van der Waals surface area contributed by atoms with Gasteiger partial charge in [0, 0.05) is 14.6 Å². The second kappa shape index (κ2) is 5.98. The van der Waals surface area contributed by atoms with E-state index in [0.29, 0.717) is 25.9 Å². The van der Waals surface area contributed by atoms with Crippen molar-refractivity contribution >= 4 is 53.3 Å². The smallest absolute Gasteiger partial charge is 0.262 e. The normalized spacial score (nSPS) is 11.4. The molecular formula is C14H14Br2N2O2S. The molecule has 0 heterocycles. The number of rotatable bonds is 3. The lowest BCUT2D eigenvalue weighted by Crippen LogP contribution is -2.15. The van der Waals surface area contributed by atoms with E-state index in [1.165, 1.54) is 6.07 Å². The van der Waals surface area contributed by atoms with Crippen molar-refractivity contribution in [3.8, 4) is 0 Å². The Morgan fingerprint density at radius 1 is 1.05 bits per heavy atom. The number of nitrogens with one attached hydrogen (secondary N) is 1. The van der Waals surface area contributed by atoms with E-state index in [4.69, 9.17) is 5.73 Å². The van der Waals surface area contributed by atoms with Crippen LogP contribution in [0.1, 0.15) is 11.1 Å². The van der Waals surface area contributed by atoms with Gasteiger partial charge in [0.05, 0.1) is 10.6 Å². The Labute approximate surface area is 141 Å². The van der Waals surface area contributed by atoms with E-state index in [1.807, 2.05) is 19.1 Å². The molecule has 0 spiro atoms. The summed E-state index contributed by atoms with van der Waals surface area (Å²) < 4.78 is 29.0. The van der Waals surface area contributed by atoms with Crippen LogP contribution in [-0.4, -0.2) is 8.42 Å². The Balaban J connectivity index is 2.47. The molecule has 2 rings (SSSR count). The number of benzene rings is 2. The van der Waals surface area contributed by atoms with E-state index >= 15 is 0 Å². The number of hydrogen-bond acceptors (Lipinski definition) is 3. The van der Waals surface area contributed by atoms with Gasteiger partial charge in [0.15, 0.2) is 0 Å². The standard InChI is InChI=1S/C14H14Br2N2O2S/c1-8-5-11(15)14(12(16)6-8)18-21(19,20)13-4-3-10(17)7-9(13)2/h3-7,18H,17H2,1-2H3. The molecule has 3 N–H and O–H groups in total. The minimum atomic E-state index is -3.68. The zero-order valence-electron chi connectivity index (χ0n) is 11.4. The van der Waals surface area contributed by atoms with Gasteiger partial charge < -0.3 is 5.73 Å². The average Bonchev–Trinajstić information content (AvgIpc) is 2.33. The van der Waals surface area contributed by atoms with Crippen LogP contribution in [0, 0.1) is 13.8 Å². The minimum absolute atomic E-state index is 0.205. The number of hydrogen-bond donors (Lipinski definition) is 2. The molecule has 0 aromatic heterocycles. The zero-order chi connectivity index (χ0) is 15.8. The number of nitrogen functional groups attached to an aromatic ring is 1.